The first-order chi connectivity index (χ1) is 7.16. The molecule has 1 fully saturated rings. The zero-order chi connectivity index (χ0) is 12.4. The molecule has 0 bridgehead atoms. The molecule has 1 aliphatic rings. The SMILES string of the molecule is CC(C)(C)CCNC1CC(OC(C)(C)C)C1. The molecule has 0 aromatic rings. The first-order valence-corrected chi connectivity index (χ1v) is 6.57. The van der Waals surface area contributed by atoms with Gasteiger partial charge in [-0.2, -0.15) is 0 Å². The zero-order valence-electron chi connectivity index (χ0n) is 11.9. The molecule has 1 aliphatic carbocycles. The van der Waals surface area contributed by atoms with Gasteiger partial charge in [-0.15, -0.1) is 0 Å². The third-order valence-corrected chi connectivity index (χ3v) is 2.92. The van der Waals surface area contributed by atoms with Crippen molar-refractivity contribution in [3.05, 3.63) is 0 Å². The summed E-state index contributed by atoms with van der Waals surface area (Å²) in [6.45, 7) is 14.4. The Morgan fingerprint density at radius 1 is 1.06 bits per heavy atom. The van der Waals surface area contributed by atoms with Crippen LogP contribution in [0.4, 0.5) is 0 Å². The van der Waals surface area contributed by atoms with Crippen molar-refractivity contribution in [2.45, 2.75) is 78.6 Å². The van der Waals surface area contributed by atoms with Gasteiger partial charge < -0.3 is 10.1 Å². The molecule has 1 N–H and O–H groups in total. The van der Waals surface area contributed by atoms with Crippen LogP contribution in [-0.2, 0) is 4.74 Å². The average molecular weight is 227 g/mol. The largest absolute Gasteiger partial charge is 0.373 e. The molecule has 0 saturated heterocycles. The lowest BCUT2D eigenvalue weighted by Gasteiger charge is -2.40. The summed E-state index contributed by atoms with van der Waals surface area (Å²) >= 11 is 0. The molecule has 0 aromatic carbocycles. The molecule has 1 saturated carbocycles. The summed E-state index contributed by atoms with van der Waals surface area (Å²) in [7, 11) is 0. The van der Waals surface area contributed by atoms with Gasteiger partial charge in [0.1, 0.15) is 0 Å². The van der Waals surface area contributed by atoms with E-state index in [1.165, 1.54) is 19.3 Å². The van der Waals surface area contributed by atoms with E-state index in [0.29, 0.717) is 17.6 Å². The molecule has 2 heteroatoms. The van der Waals surface area contributed by atoms with E-state index in [2.05, 4.69) is 46.9 Å². The lowest BCUT2D eigenvalue weighted by Crippen LogP contribution is -2.48. The monoisotopic (exact) mass is 227 g/mol. The van der Waals surface area contributed by atoms with Gasteiger partial charge in [0, 0.05) is 6.04 Å². The number of nitrogens with one attached hydrogen (secondary N) is 1. The van der Waals surface area contributed by atoms with Crippen molar-refractivity contribution in [3.8, 4) is 0 Å². The molecule has 96 valence electrons. The number of ether oxygens (including phenoxy) is 1. The van der Waals surface area contributed by atoms with Crippen LogP contribution in [0.25, 0.3) is 0 Å². The van der Waals surface area contributed by atoms with Crippen LogP contribution in [0.3, 0.4) is 0 Å². The number of hydrogen-bond donors (Lipinski definition) is 1. The third-order valence-electron chi connectivity index (χ3n) is 2.92. The minimum absolute atomic E-state index is 0.0149. The summed E-state index contributed by atoms with van der Waals surface area (Å²) in [5.74, 6) is 0. The van der Waals surface area contributed by atoms with E-state index in [1.807, 2.05) is 0 Å². The number of rotatable bonds is 4. The van der Waals surface area contributed by atoms with Crippen molar-refractivity contribution in [2.75, 3.05) is 6.54 Å². The van der Waals surface area contributed by atoms with Gasteiger partial charge in [0.25, 0.3) is 0 Å². The second-order valence-corrected chi connectivity index (χ2v) is 7.29. The van der Waals surface area contributed by atoms with Crippen LogP contribution in [0, 0.1) is 5.41 Å². The lowest BCUT2D eigenvalue weighted by atomic mass is 9.87. The Kier molecular flexibility index (Phi) is 4.42. The van der Waals surface area contributed by atoms with Crippen molar-refractivity contribution < 1.29 is 4.74 Å². The highest BCUT2D eigenvalue weighted by molar-refractivity contribution is 4.87. The van der Waals surface area contributed by atoms with E-state index in [9.17, 15) is 0 Å². The van der Waals surface area contributed by atoms with Crippen LogP contribution in [0.15, 0.2) is 0 Å². The summed E-state index contributed by atoms with van der Waals surface area (Å²) in [6, 6.07) is 0.690. The first kappa shape index (κ1) is 14.0. The highest BCUT2D eigenvalue weighted by Crippen LogP contribution is 2.28. The summed E-state index contributed by atoms with van der Waals surface area (Å²) in [6.07, 6.45) is 4.09. The topological polar surface area (TPSA) is 21.3 Å². The molecule has 0 amide bonds. The van der Waals surface area contributed by atoms with Gasteiger partial charge in [-0.1, -0.05) is 20.8 Å². The Bertz CT molecular complexity index is 203. The molecule has 2 nitrogen and oxygen atoms in total. The molecule has 0 heterocycles. The summed E-state index contributed by atoms with van der Waals surface area (Å²) in [5, 5.41) is 3.61. The Hall–Kier alpha value is -0.0800. The van der Waals surface area contributed by atoms with Crippen LogP contribution in [0.5, 0.6) is 0 Å². The normalized spacial score (nSPS) is 26.6. The lowest BCUT2D eigenvalue weighted by molar-refractivity contribution is -0.102. The fourth-order valence-corrected chi connectivity index (χ4v) is 1.98. The Morgan fingerprint density at radius 2 is 1.62 bits per heavy atom. The molecular weight excluding hydrogens is 198 g/mol. The van der Waals surface area contributed by atoms with Crippen LogP contribution < -0.4 is 5.32 Å². The molecule has 0 atom stereocenters. The summed E-state index contributed by atoms with van der Waals surface area (Å²) in [4.78, 5) is 0. The van der Waals surface area contributed by atoms with Crippen molar-refractivity contribution in [1.82, 2.24) is 5.32 Å². The van der Waals surface area contributed by atoms with Crippen molar-refractivity contribution in [3.63, 3.8) is 0 Å². The molecule has 0 spiro atoms. The van der Waals surface area contributed by atoms with Crippen LogP contribution in [-0.4, -0.2) is 24.3 Å². The quantitative estimate of drug-likeness (QED) is 0.795. The van der Waals surface area contributed by atoms with Crippen LogP contribution in [0.1, 0.15) is 60.8 Å². The van der Waals surface area contributed by atoms with Crippen LogP contribution >= 0.6 is 0 Å². The van der Waals surface area contributed by atoms with Gasteiger partial charge in [-0.05, 0) is 52.0 Å². The van der Waals surface area contributed by atoms with E-state index >= 15 is 0 Å². The smallest absolute Gasteiger partial charge is 0.0612 e. The van der Waals surface area contributed by atoms with Gasteiger partial charge in [0.05, 0.1) is 11.7 Å². The van der Waals surface area contributed by atoms with E-state index < -0.39 is 0 Å². The van der Waals surface area contributed by atoms with Gasteiger partial charge >= 0.3 is 0 Å². The van der Waals surface area contributed by atoms with Gasteiger partial charge in [0.2, 0.25) is 0 Å². The second-order valence-electron chi connectivity index (χ2n) is 7.29. The standard InChI is InChI=1S/C14H29NO/c1-13(2,3)7-8-15-11-9-12(10-11)16-14(4,5)6/h11-12,15H,7-10H2,1-6H3. The van der Waals surface area contributed by atoms with E-state index in [4.69, 9.17) is 4.74 Å². The summed E-state index contributed by atoms with van der Waals surface area (Å²) in [5.41, 5.74) is 0.457. The molecule has 0 unspecified atom stereocenters. The number of hydrogen-bond acceptors (Lipinski definition) is 2. The highest BCUT2D eigenvalue weighted by Gasteiger charge is 2.32. The fourth-order valence-electron chi connectivity index (χ4n) is 1.98. The third kappa shape index (κ3) is 5.86. The van der Waals surface area contributed by atoms with Gasteiger partial charge in [-0.3, -0.25) is 0 Å². The maximum atomic E-state index is 5.91. The molecule has 0 aliphatic heterocycles. The molecule has 0 aromatic heterocycles. The van der Waals surface area contributed by atoms with E-state index in [1.54, 1.807) is 0 Å². The average Bonchev–Trinajstić information content (AvgIpc) is 1.94. The second kappa shape index (κ2) is 5.05. The maximum absolute atomic E-state index is 5.91. The Labute approximate surface area is 101 Å². The zero-order valence-corrected chi connectivity index (χ0v) is 11.9. The highest BCUT2D eigenvalue weighted by atomic mass is 16.5. The molecule has 16 heavy (non-hydrogen) atoms. The molecule has 1 rings (SSSR count). The van der Waals surface area contributed by atoms with E-state index in [-0.39, 0.29) is 5.60 Å². The summed E-state index contributed by atoms with van der Waals surface area (Å²) < 4.78 is 5.91. The van der Waals surface area contributed by atoms with Crippen molar-refractivity contribution in [1.29, 1.82) is 0 Å². The van der Waals surface area contributed by atoms with Crippen molar-refractivity contribution in [2.24, 2.45) is 5.41 Å². The van der Waals surface area contributed by atoms with Crippen LogP contribution in [0.2, 0.25) is 0 Å². The van der Waals surface area contributed by atoms with Crippen molar-refractivity contribution >= 4 is 0 Å². The first-order valence-electron chi connectivity index (χ1n) is 6.57. The predicted molar refractivity (Wildman–Crippen MR) is 69.7 cm³/mol. The fraction of sp³-hybridized carbons (Fsp3) is 1.00. The van der Waals surface area contributed by atoms with Gasteiger partial charge in [-0.25, -0.2) is 0 Å². The molecule has 0 radical (unpaired) electrons. The maximum Gasteiger partial charge on any atom is 0.0612 e. The Balaban J connectivity index is 2.04. The molecular formula is C14H29NO. The van der Waals surface area contributed by atoms with Gasteiger partial charge in [0.15, 0.2) is 0 Å². The Morgan fingerprint density at radius 3 is 2.06 bits per heavy atom. The van der Waals surface area contributed by atoms with E-state index in [0.717, 1.165) is 6.54 Å². The minimum Gasteiger partial charge on any atom is -0.373 e. The predicted octanol–water partition coefficient (Wildman–Crippen LogP) is 3.36. The minimum atomic E-state index is 0.0149.